The molecule has 0 atom stereocenters. The number of ketones is 1. The Kier molecular flexibility index (Phi) is 2.22. The van der Waals surface area contributed by atoms with Gasteiger partial charge in [0.25, 0.3) is 0 Å². The van der Waals surface area contributed by atoms with Crippen LogP contribution in [0.2, 0.25) is 0 Å². The fraction of sp³-hybridized carbons (Fsp3) is 0.300. The zero-order valence-corrected chi connectivity index (χ0v) is 8.85. The highest BCUT2D eigenvalue weighted by Gasteiger charge is 2.19. The summed E-state index contributed by atoms with van der Waals surface area (Å²) in [5.74, 6) is 0.0747. The Balaban J connectivity index is 2.63. The summed E-state index contributed by atoms with van der Waals surface area (Å²) in [5.41, 5.74) is 2.94. The minimum Gasteiger partial charge on any atom is -0.369 e. The molecule has 0 radical (unpaired) electrons. The molecule has 0 N–H and O–H groups in total. The van der Waals surface area contributed by atoms with Crippen LogP contribution in [0.15, 0.2) is 16.6 Å². The van der Waals surface area contributed by atoms with Crippen molar-refractivity contribution in [3.63, 3.8) is 0 Å². The van der Waals surface area contributed by atoms with Crippen LogP contribution in [0.1, 0.15) is 21.5 Å². The predicted octanol–water partition coefficient (Wildman–Crippen LogP) is 2.47. The molecular formula is C10H9BrO2. The SMILES string of the molecule is Cc1cc(Br)cc2c1COCC2=O. The third kappa shape index (κ3) is 1.54. The second-order valence-electron chi connectivity index (χ2n) is 3.16. The van der Waals surface area contributed by atoms with E-state index in [1.807, 2.05) is 19.1 Å². The Bertz CT molecular complexity index is 371. The Labute approximate surface area is 85.0 Å². The maximum Gasteiger partial charge on any atom is 0.188 e. The van der Waals surface area contributed by atoms with Gasteiger partial charge in [-0.25, -0.2) is 0 Å². The van der Waals surface area contributed by atoms with Gasteiger partial charge in [-0.3, -0.25) is 4.79 Å². The number of rotatable bonds is 0. The molecule has 1 heterocycles. The van der Waals surface area contributed by atoms with Crippen molar-refractivity contribution in [3.8, 4) is 0 Å². The van der Waals surface area contributed by atoms with Crippen LogP contribution in [0, 0.1) is 6.92 Å². The average Bonchev–Trinajstić information content (AvgIpc) is 2.07. The molecule has 0 aromatic heterocycles. The van der Waals surface area contributed by atoms with Gasteiger partial charge in [0.2, 0.25) is 0 Å². The van der Waals surface area contributed by atoms with Crippen LogP contribution in [0.5, 0.6) is 0 Å². The highest BCUT2D eigenvalue weighted by Crippen LogP contribution is 2.24. The summed E-state index contributed by atoms with van der Waals surface area (Å²) in [5, 5.41) is 0. The number of aryl methyl sites for hydroxylation is 1. The van der Waals surface area contributed by atoms with Crippen LogP contribution in [0.25, 0.3) is 0 Å². The average molecular weight is 241 g/mol. The quantitative estimate of drug-likeness (QED) is 0.697. The van der Waals surface area contributed by atoms with Gasteiger partial charge < -0.3 is 4.74 Å². The van der Waals surface area contributed by atoms with E-state index >= 15 is 0 Å². The number of hydrogen-bond donors (Lipinski definition) is 0. The maximum absolute atomic E-state index is 11.4. The molecule has 0 saturated carbocycles. The van der Waals surface area contributed by atoms with Gasteiger partial charge in [-0.2, -0.15) is 0 Å². The predicted molar refractivity (Wildman–Crippen MR) is 52.9 cm³/mol. The number of benzene rings is 1. The van der Waals surface area contributed by atoms with Gasteiger partial charge in [0, 0.05) is 10.0 Å². The topological polar surface area (TPSA) is 26.3 Å². The van der Waals surface area contributed by atoms with Gasteiger partial charge in [-0.15, -0.1) is 0 Å². The minimum absolute atomic E-state index is 0.0747. The molecule has 1 aromatic carbocycles. The monoisotopic (exact) mass is 240 g/mol. The van der Waals surface area contributed by atoms with E-state index in [9.17, 15) is 4.79 Å². The summed E-state index contributed by atoms with van der Waals surface area (Å²) < 4.78 is 6.12. The second kappa shape index (κ2) is 3.24. The maximum atomic E-state index is 11.4. The molecule has 3 heteroatoms. The van der Waals surface area contributed by atoms with Crippen molar-refractivity contribution >= 4 is 21.7 Å². The molecule has 2 nitrogen and oxygen atoms in total. The van der Waals surface area contributed by atoms with Gasteiger partial charge in [-0.1, -0.05) is 15.9 Å². The molecule has 0 amide bonds. The molecule has 2 rings (SSSR count). The molecule has 0 saturated heterocycles. The zero-order valence-electron chi connectivity index (χ0n) is 7.26. The lowest BCUT2D eigenvalue weighted by atomic mass is 9.98. The number of fused-ring (bicyclic) bond motifs is 1. The van der Waals surface area contributed by atoms with Crippen molar-refractivity contribution < 1.29 is 9.53 Å². The molecule has 0 fully saturated rings. The lowest BCUT2D eigenvalue weighted by Crippen LogP contribution is -2.19. The van der Waals surface area contributed by atoms with Gasteiger partial charge in [0.05, 0.1) is 6.61 Å². The van der Waals surface area contributed by atoms with Gasteiger partial charge in [0.1, 0.15) is 6.61 Å². The number of ether oxygens (including phenoxy) is 1. The lowest BCUT2D eigenvalue weighted by molar-refractivity contribution is 0.0663. The highest BCUT2D eigenvalue weighted by atomic mass is 79.9. The summed E-state index contributed by atoms with van der Waals surface area (Å²) in [7, 11) is 0. The number of hydrogen-bond acceptors (Lipinski definition) is 2. The van der Waals surface area contributed by atoms with Crippen molar-refractivity contribution in [2.24, 2.45) is 0 Å². The Morgan fingerprint density at radius 1 is 1.38 bits per heavy atom. The van der Waals surface area contributed by atoms with Crippen LogP contribution >= 0.6 is 15.9 Å². The number of carbonyl (C=O) groups is 1. The van der Waals surface area contributed by atoms with Crippen LogP contribution in [-0.2, 0) is 11.3 Å². The van der Waals surface area contributed by atoms with Crippen LogP contribution < -0.4 is 0 Å². The van der Waals surface area contributed by atoms with E-state index in [1.165, 1.54) is 0 Å². The van der Waals surface area contributed by atoms with Gasteiger partial charge in [0.15, 0.2) is 5.78 Å². The van der Waals surface area contributed by atoms with Crippen molar-refractivity contribution in [3.05, 3.63) is 33.3 Å². The normalized spacial score (nSPS) is 15.7. The lowest BCUT2D eigenvalue weighted by Gasteiger charge is -2.17. The molecule has 13 heavy (non-hydrogen) atoms. The first-order chi connectivity index (χ1) is 6.18. The van der Waals surface area contributed by atoms with Gasteiger partial charge >= 0.3 is 0 Å². The van der Waals surface area contributed by atoms with E-state index in [0.29, 0.717) is 6.61 Å². The summed E-state index contributed by atoms with van der Waals surface area (Å²) in [6.07, 6.45) is 0. The third-order valence-electron chi connectivity index (χ3n) is 2.22. The van der Waals surface area contributed by atoms with Crippen molar-refractivity contribution in [1.29, 1.82) is 0 Å². The first-order valence-electron chi connectivity index (χ1n) is 4.08. The van der Waals surface area contributed by atoms with E-state index in [1.54, 1.807) is 0 Å². The first-order valence-corrected chi connectivity index (χ1v) is 4.88. The summed E-state index contributed by atoms with van der Waals surface area (Å²) in [6.45, 7) is 2.76. The first kappa shape index (κ1) is 8.91. The number of Topliss-reactive ketones (excluding diaryl/α,β-unsaturated/α-hetero) is 1. The van der Waals surface area contributed by atoms with Crippen LogP contribution in [-0.4, -0.2) is 12.4 Å². The Morgan fingerprint density at radius 2 is 2.15 bits per heavy atom. The fourth-order valence-electron chi connectivity index (χ4n) is 1.54. The highest BCUT2D eigenvalue weighted by molar-refractivity contribution is 9.10. The molecule has 1 aromatic rings. The molecular weight excluding hydrogens is 232 g/mol. The van der Waals surface area contributed by atoms with E-state index in [4.69, 9.17) is 4.74 Å². The Morgan fingerprint density at radius 3 is 2.92 bits per heavy atom. The van der Waals surface area contributed by atoms with Crippen molar-refractivity contribution in [2.45, 2.75) is 13.5 Å². The third-order valence-corrected chi connectivity index (χ3v) is 2.68. The molecule has 0 aliphatic carbocycles. The summed E-state index contributed by atoms with van der Waals surface area (Å²) in [4.78, 5) is 11.4. The minimum atomic E-state index is 0.0747. The van der Waals surface area contributed by atoms with E-state index in [-0.39, 0.29) is 12.4 Å². The van der Waals surface area contributed by atoms with E-state index in [2.05, 4.69) is 15.9 Å². The fourth-order valence-corrected chi connectivity index (χ4v) is 2.11. The molecule has 1 aliphatic heterocycles. The number of carbonyl (C=O) groups excluding carboxylic acids is 1. The standard InChI is InChI=1S/C10H9BrO2/c1-6-2-7(11)3-8-9(6)4-13-5-10(8)12/h2-3H,4-5H2,1H3. The smallest absolute Gasteiger partial charge is 0.188 e. The summed E-state index contributed by atoms with van der Waals surface area (Å²) in [6, 6.07) is 3.87. The van der Waals surface area contributed by atoms with E-state index < -0.39 is 0 Å². The molecule has 0 bridgehead atoms. The van der Waals surface area contributed by atoms with Crippen LogP contribution in [0.3, 0.4) is 0 Å². The van der Waals surface area contributed by atoms with Gasteiger partial charge in [-0.05, 0) is 30.2 Å². The molecule has 1 aliphatic rings. The zero-order chi connectivity index (χ0) is 9.42. The number of halogens is 1. The Hall–Kier alpha value is -0.670. The summed E-state index contributed by atoms with van der Waals surface area (Å²) >= 11 is 3.38. The molecule has 0 spiro atoms. The largest absolute Gasteiger partial charge is 0.369 e. The van der Waals surface area contributed by atoms with Crippen molar-refractivity contribution in [2.75, 3.05) is 6.61 Å². The van der Waals surface area contributed by atoms with Crippen LogP contribution in [0.4, 0.5) is 0 Å². The van der Waals surface area contributed by atoms with E-state index in [0.717, 1.165) is 21.2 Å². The second-order valence-corrected chi connectivity index (χ2v) is 4.08. The van der Waals surface area contributed by atoms with Crippen molar-refractivity contribution in [1.82, 2.24) is 0 Å². The molecule has 68 valence electrons. The molecule has 0 unspecified atom stereocenters.